The molecule has 2 heterocycles. The number of nitrogens with one attached hydrogen (secondary N) is 1. The maximum atomic E-state index is 11.7. The van der Waals surface area contributed by atoms with Crippen LogP contribution < -0.4 is 11.2 Å². The van der Waals surface area contributed by atoms with E-state index in [4.69, 9.17) is 0 Å². The number of para-hydroxylation sites is 1. The number of hydrogen-bond donors (Lipinski definition) is 1. The molecule has 90 valence electrons. The first-order valence-corrected chi connectivity index (χ1v) is 6.15. The Kier molecular flexibility index (Phi) is 2.38. The summed E-state index contributed by atoms with van der Waals surface area (Å²) in [4.78, 5) is 29.3. The molecule has 0 aliphatic heterocycles. The minimum Gasteiger partial charge on any atom is -0.274 e. The van der Waals surface area contributed by atoms with Gasteiger partial charge in [0, 0.05) is 12.3 Å². The molecule has 0 saturated heterocycles. The number of benzene rings is 1. The van der Waals surface area contributed by atoms with E-state index in [1.807, 2.05) is 25.1 Å². The lowest BCUT2D eigenvalue weighted by Gasteiger charge is -1.97. The van der Waals surface area contributed by atoms with Crippen LogP contribution in [0.5, 0.6) is 0 Å². The molecular formula is C12H9N3O2S. The fraction of sp³-hybridized carbons (Fsp3) is 0.0833. The number of nitrogens with zero attached hydrogens (tertiary/aromatic N) is 2. The molecule has 1 N–H and O–H groups in total. The maximum Gasteiger partial charge on any atom is 0.334 e. The molecule has 0 bridgehead atoms. The van der Waals surface area contributed by atoms with Crippen molar-refractivity contribution in [3.05, 3.63) is 56.9 Å². The number of fused-ring (bicyclic) bond motifs is 1. The lowest BCUT2D eigenvalue weighted by atomic mass is 10.2. The van der Waals surface area contributed by atoms with Crippen molar-refractivity contribution in [3.8, 4) is 5.13 Å². The highest BCUT2D eigenvalue weighted by atomic mass is 32.1. The summed E-state index contributed by atoms with van der Waals surface area (Å²) in [6, 6.07) is 7.19. The van der Waals surface area contributed by atoms with Crippen LogP contribution in [0.4, 0.5) is 0 Å². The highest BCUT2D eigenvalue weighted by Gasteiger charge is 2.08. The van der Waals surface area contributed by atoms with Gasteiger partial charge in [-0.15, -0.1) is 0 Å². The van der Waals surface area contributed by atoms with Gasteiger partial charge < -0.3 is 0 Å². The van der Waals surface area contributed by atoms with E-state index >= 15 is 0 Å². The minimum absolute atomic E-state index is 0.409. The number of H-pyrrole nitrogens is 1. The van der Waals surface area contributed by atoms with Crippen LogP contribution in [0, 0.1) is 6.92 Å². The summed E-state index contributed by atoms with van der Waals surface area (Å²) >= 11 is 1.41. The van der Waals surface area contributed by atoms with Gasteiger partial charge >= 0.3 is 5.69 Å². The Bertz CT molecular complexity index is 844. The van der Waals surface area contributed by atoms with E-state index in [1.165, 1.54) is 28.2 Å². The van der Waals surface area contributed by atoms with Crippen LogP contribution in [0.25, 0.3) is 15.3 Å². The predicted molar refractivity (Wildman–Crippen MR) is 70.6 cm³/mol. The van der Waals surface area contributed by atoms with E-state index in [0.29, 0.717) is 5.13 Å². The number of thiazole rings is 1. The van der Waals surface area contributed by atoms with Crippen molar-refractivity contribution in [2.24, 2.45) is 0 Å². The number of rotatable bonds is 1. The van der Waals surface area contributed by atoms with Crippen molar-refractivity contribution in [2.45, 2.75) is 6.92 Å². The highest BCUT2D eigenvalue weighted by Crippen LogP contribution is 2.25. The lowest BCUT2D eigenvalue weighted by molar-refractivity contribution is 0.889. The predicted octanol–water partition coefficient (Wildman–Crippen LogP) is 1.44. The molecule has 0 aliphatic carbocycles. The Labute approximate surface area is 105 Å². The van der Waals surface area contributed by atoms with Gasteiger partial charge in [0.2, 0.25) is 0 Å². The topological polar surface area (TPSA) is 67.8 Å². The number of aromatic nitrogens is 3. The maximum absolute atomic E-state index is 11.7. The molecule has 5 nitrogen and oxygen atoms in total. The number of aromatic amines is 1. The zero-order valence-electron chi connectivity index (χ0n) is 9.51. The van der Waals surface area contributed by atoms with Gasteiger partial charge in [0.25, 0.3) is 5.56 Å². The van der Waals surface area contributed by atoms with Gasteiger partial charge in [-0.25, -0.2) is 14.3 Å². The summed E-state index contributed by atoms with van der Waals surface area (Å²) in [6.45, 7) is 1.97. The Morgan fingerprint density at radius 3 is 2.83 bits per heavy atom. The fourth-order valence-corrected chi connectivity index (χ4v) is 2.77. The smallest absolute Gasteiger partial charge is 0.274 e. The normalized spacial score (nSPS) is 10.9. The molecule has 2 aromatic heterocycles. The zero-order valence-corrected chi connectivity index (χ0v) is 10.3. The summed E-state index contributed by atoms with van der Waals surface area (Å²) in [6.07, 6.45) is 1.44. The van der Waals surface area contributed by atoms with Crippen molar-refractivity contribution < 1.29 is 0 Å². The molecule has 18 heavy (non-hydrogen) atoms. The first kappa shape index (κ1) is 10.9. The van der Waals surface area contributed by atoms with Crippen LogP contribution in [0.2, 0.25) is 0 Å². The summed E-state index contributed by atoms with van der Waals surface area (Å²) < 4.78 is 2.36. The molecule has 0 unspecified atom stereocenters. The fourth-order valence-electron chi connectivity index (χ4n) is 1.75. The van der Waals surface area contributed by atoms with Gasteiger partial charge in [0.1, 0.15) is 0 Å². The first-order valence-electron chi connectivity index (χ1n) is 5.34. The van der Waals surface area contributed by atoms with Gasteiger partial charge in [-0.05, 0) is 18.6 Å². The third-order valence-corrected chi connectivity index (χ3v) is 3.66. The van der Waals surface area contributed by atoms with Crippen molar-refractivity contribution in [2.75, 3.05) is 0 Å². The Morgan fingerprint density at radius 2 is 2.11 bits per heavy atom. The SMILES string of the molecule is Cc1cccc2sc(-n3ccc(=O)[nH]c3=O)nc12. The average Bonchev–Trinajstić information content (AvgIpc) is 2.74. The molecule has 0 aliphatic rings. The van der Waals surface area contributed by atoms with E-state index in [1.54, 1.807) is 0 Å². The third-order valence-electron chi connectivity index (χ3n) is 2.64. The summed E-state index contributed by atoms with van der Waals surface area (Å²) in [5.74, 6) is 0. The molecule has 0 saturated carbocycles. The van der Waals surface area contributed by atoms with E-state index in [-0.39, 0.29) is 0 Å². The van der Waals surface area contributed by atoms with Crippen molar-refractivity contribution >= 4 is 21.6 Å². The second-order valence-electron chi connectivity index (χ2n) is 3.90. The Morgan fingerprint density at radius 1 is 1.28 bits per heavy atom. The summed E-state index contributed by atoms with van der Waals surface area (Å²) in [5, 5.41) is 0.556. The van der Waals surface area contributed by atoms with Crippen molar-refractivity contribution in [1.82, 2.24) is 14.5 Å². The van der Waals surface area contributed by atoms with Gasteiger partial charge in [-0.2, -0.15) is 0 Å². The van der Waals surface area contributed by atoms with Gasteiger partial charge in [-0.1, -0.05) is 23.5 Å². The van der Waals surface area contributed by atoms with Gasteiger partial charge in [0.15, 0.2) is 5.13 Å². The molecular weight excluding hydrogens is 250 g/mol. The lowest BCUT2D eigenvalue weighted by Crippen LogP contribution is -2.27. The first-order chi connectivity index (χ1) is 8.65. The molecule has 0 amide bonds. The largest absolute Gasteiger partial charge is 0.334 e. The van der Waals surface area contributed by atoms with Crippen LogP contribution in [0.1, 0.15) is 5.56 Å². The average molecular weight is 259 g/mol. The van der Waals surface area contributed by atoms with E-state index in [0.717, 1.165) is 15.8 Å². The quantitative estimate of drug-likeness (QED) is 0.719. The Hall–Kier alpha value is -2.21. The third kappa shape index (κ3) is 1.67. The van der Waals surface area contributed by atoms with Crippen LogP contribution in [-0.4, -0.2) is 14.5 Å². The minimum atomic E-state index is -0.473. The molecule has 6 heteroatoms. The van der Waals surface area contributed by atoms with Gasteiger partial charge in [0.05, 0.1) is 10.2 Å². The highest BCUT2D eigenvalue weighted by molar-refractivity contribution is 7.20. The molecule has 0 radical (unpaired) electrons. The van der Waals surface area contributed by atoms with Crippen LogP contribution in [-0.2, 0) is 0 Å². The second-order valence-corrected chi connectivity index (χ2v) is 4.91. The van der Waals surface area contributed by atoms with Crippen molar-refractivity contribution in [1.29, 1.82) is 0 Å². The number of aryl methyl sites for hydroxylation is 1. The zero-order chi connectivity index (χ0) is 12.7. The van der Waals surface area contributed by atoms with Gasteiger partial charge in [-0.3, -0.25) is 9.78 Å². The molecule has 1 aromatic carbocycles. The summed E-state index contributed by atoms with van der Waals surface area (Å²) in [5.41, 5.74) is 1.07. The molecule has 3 rings (SSSR count). The number of hydrogen-bond acceptors (Lipinski definition) is 4. The Balaban J connectivity index is 2.29. The van der Waals surface area contributed by atoms with E-state index in [2.05, 4.69) is 9.97 Å². The monoisotopic (exact) mass is 259 g/mol. The molecule has 3 aromatic rings. The molecule has 0 atom stereocenters. The van der Waals surface area contributed by atoms with Crippen LogP contribution >= 0.6 is 11.3 Å². The van der Waals surface area contributed by atoms with E-state index in [9.17, 15) is 9.59 Å². The van der Waals surface area contributed by atoms with E-state index < -0.39 is 11.2 Å². The molecule has 0 fully saturated rings. The van der Waals surface area contributed by atoms with Crippen LogP contribution in [0.15, 0.2) is 40.1 Å². The van der Waals surface area contributed by atoms with Crippen molar-refractivity contribution in [3.63, 3.8) is 0 Å². The standard InChI is InChI=1S/C12H9N3O2S/c1-7-3-2-4-8-10(7)14-12(18-8)15-6-5-9(16)13-11(15)17/h2-6H,1H3,(H,13,16,17). The second kappa shape index (κ2) is 3.92. The molecule has 0 spiro atoms. The van der Waals surface area contributed by atoms with Crippen LogP contribution in [0.3, 0.4) is 0 Å². The summed E-state index contributed by atoms with van der Waals surface area (Å²) in [7, 11) is 0.